The van der Waals surface area contributed by atoms with Crippen molar-refractivity contribution in [1.29, 1.82) is 0 Å². The van der Waals surface area contributed by atoms with E-state index < -0.39 is 0 Å². The average Bonchev–Trinajstić information content (AvgIpc) is 3.49. The third kappa shape index (κ3) is 5.13. The highest BCUT2D eigenvalue weighted by Crippen LogP contribution is 2.40. The maximum absolute atomic E-state index is 13.1. The van der Waals surface area contributed by atoms with Gasteiger partial charge in [-0.1, -0.05) is 24.3 Å². The number of nitrogen functional groups attached to an aromatic ring is 1. The van der Waals surface area contributed by atoms with Gasteiger partial charge in [-0.25, -0.2) is 4.39 Å². The summed E-state index contributed by atoms with van der Waals surface area (Å²) >= 11 is 1.65. The second kappa shape index (κ2) is 9.56. The first kappa shape index (κ1) is 22.6. The van der Waals surface area contributed by atoms with Gasteiger partial charge in [-0.05, 0) is 54.3 Å². The van der Waals surface area contributed by atoms with E-state index in [4.69, 9.17) is 5.73 Å². The highest BCUT2D eigenvalue weighted by atomic mass is 32.1. The summed E-state index contributed by atoms with van der Waals surface area (Å²) in [5.74, 6) is 0.0964. The summed E-state index contributed by atoms with van der Waals surface area (Å²) in [4.78, 5) is 29.4. The smallest absolute Gasteiger partial charge is 0.236 e. The quantitative estimate of drug-likeness (QED) is 0.452. The fourth-order valence-electron chi connectivity index (χ4n) is 4.49. The largest absolute Gasteiger partial charge is 0.397 e. The van der Waals surface area contributed by atoms with Gasteiger partial charge in [0.1, 0.15) is 5.82 Å². The van der Waals surface area contributed by atoms with Gasteiger partial charge < -0.3 is 21.3 Å². The van der Waals surface area contributed by atoms with E-state index in [1.165, 1.54) is 17.0 Å². The number of hydrogen-bond acceptors (Lipinski definition) is 5. The number of fused-ring (bicyclic) bond motifs is 1. The normalized spacial score (nSPS) is 18.9. The molecular weight excluding hydrogens is 451 g/mol. The van der Waals surface area contributed by atoms with Crippen LogP contribution in [0.25, 0.3) is 0 Å². The van der Waals surface area contributed by atoms with Crippen molar-refractivity contribution >= 4 is 34.5 Å². The van der Waals surface area contributed by atoms with Crippen molar-refractivity contribution in [2.75, 3.05) is 24.1 Å². The van der Waals surface area contributed by atoms with Crippen molar-refractivity contribution < 1.29 is 14.0 Å². The van der Waals surface area contributed by atoms with Gasteiger partial charge in [0.25, 0.3) is 0 Å². The number of nitrogens with zero attached hydrogens (tertiary/aromatic N) is 1. The Kier molecular flexibility index (Phi) is 6.34. The number of carbonyl (C=O) groups is 2. The van der Waals surface area contributed by atoms with E-state index in [1.54, 1.807) is 23.5 Å². The molecule has 6 nitrogen and oxygen atoms in total. The standard InChI is InChI=1S/C26H27FN4O2S/c27-18-7-5-16(6-8-18)20-13-23(20)29-14-26(33)31-10-9-24-17(15-31)11-19(34-24)12-25(32)30-22-4-2-1-3-21(22)28/h1-8,11,20,23,29H,9-10,12-15,28H2,(H,30,32). The highest BCUT2D eigenvalue weighted by molar-refractivity contribution is 7.12. The second-order valence-corrected chi connectivity index (χ2v) is 10.1. The van der Waals surface area contributed by atoms with E-state index in [1.807, 2.05) is 35.2 Å². The van der Waals surface area contributed by atoms with Crippen LogP contribution in [0.5, 0.6) is 0 Å². The summed E-state index contributed by atoms with van der Waals surface area (Å²) in [6, 6.07) is 16.1. The number of amides is 2. The van der Waals surface area contributed by atoms with Crippen LogP contribution in [-0.4, -0.2) is 35.8 Å². The fraction of sp³-hybridized carbons (Fsp3) is 0.308. The molecule has 0 bridgehead atoms. The molecule has 2 aromatic carbocycles. The molecule has 2 atom stereocenters. The molecule has 8 heteroatoms. The molecule has 1 aliphatic heterocycles. The van der Waals surface area contributed by atoms with Crippen LogP contribution in [0.15, 0.2) is 54.6 Å². The number of thiophene rings is 1. The summed E-state index contributed by atoms with van der Waals surface area (Å²) in [5.41, 5.74) is 9.31. The molecule has 1 fully saturated rings. The van der Waals surface area contributed by atoms with Crippen LogP contribution in [0, 0.1) is 5.82 Å². The van der Waals surface area contributed by atoms with Crippen LogP contribution in [0.4, 0.5) is 15.8 Å². The summed E-state index contributed by atoms with van der Waals surface area (Å²) in [6.45, 7) is 1.56. The van der Waals surface area contributed by atoms with Crippen LogP contribution in [0.3, 0.4) is 0 Å². The molecule has 176 valence electrons. The van der Waals surface area contributed by atoms with Crippen molar-refractivity contribution in [3.8, 4) is 0 Å². The van der Waals surface area contributed by atoms with Crippen LogP contribution in [0.1, 0.15) is 33.2 Å². The van der Waals surface area contributed by atoms with Gasteiger partial charge in [0.2, 0.25) is 11.8 Å². The van der Waals surface area contributed by atoms with Gasteiger partial charge in [-0.3, -0.25) is 9.59 Å². The van der Waals surface area contributed by atoms with Gasteiger partial charge in [0.05, 0.1) is 24.3 Å². The predicted molar refractivity (Wildman–Crippen MR) is 132 cm³/mol. The lowest BCUT2D eigenvalue weighted by atomic mass is 10.1. The Morgan fingerprint density at radius 2 is 1.94 bits per heavy atom. The molecule has 0 spiro atoms. The van der Waals surface area contributed by atoms with Gasteiger partial charge in [-0.15, -0.1) is 11.3 Å². The molecule has 3 aromatic rings. The molecule has 2 amide bonds. The first-order valence-corrected chi connectivity index (χ1v) is 12.3. The molecular formula is C26H27FN4O2S. The lowest BCUT2D eigenvalue weighted by Crippen LogP contribution is -2.41. The Morgan fingerprint density at radius 1 is 1.15 bits per heavy atom. The summed E-state index contributed by atoms with van der Waals surface area (Å²) < 4.78 is 13.1. The Morgan fingerprint density at radius 3 is 2.74 bits per heavy atom. The molecule has 34 heavy (non-hydrogen) atoms. The summed E-state index contributed by atoms with van der Waals surface area (Å²) in [7, 11) is 0. The molecule has 2 heterocycles. The molecule has 5 rings (SSSR count). The fourth-order valence-corrected chi connectivity index (χ4v) is 5.66. The minimum atomic E-state index is -0.230. The number of halogens is 1. The number of nitrogens with two attached hydrogens (primary N) is 1. The predicted octanol–water partition coefficient (Wildman–Crippen LogP) is 3.68. The van der Waals surface area contributed by atoms with E-state index in [2.05, 4.69) is 10.6 Å². The van der Waals surface area contributed by atoms with Crippen molar-refractivity contribution in [2.45, 2.75) is 37.8 Å². The third-order valence-corrected chi connectivity index (χ3v) is 7.68. The molecule has 2 unspecified atom stereocenters. The second-order valence-electron chi connectivity index (χ2n) is 8.92. The van der Waals surface area contributed by atoms with Gasteiger partial charge in [0.15, 0.2) is 0 Å². The van der Waals surface area contributed by atoms with Crippen LogP contribution in [0.2, 0.25) is 0 Å². The number of nitrogens with one attached hydrogen (secondary N) is 2. The maximum Gasteiger partial charge on any atom is 0.236 e. The van der Waals surface area contributed by atoms with Crippen LogP contribution >= 0.6 is 11.3 Å². The Bertz CT molecular complexity index is 1210. The Labute approximate surface area is 202 Å². The molecule has 4 N–H and O–H groups in total. The zero-order valence-electron chi connectivity index (χ0n) is 18.7. The van der Waals surface area contributed by atoms with Gasteiger partial charge in [-0.2, -0.15) is 0 Å². The van der Waals surface area contributed by atoms with E-state index in [9.17, 15) is 14.0 Å². The SMILES string of the molecule is Nc1ccccc1NC(=O)Cc1cc2c(s1)CCN(C(=O)CNC1CC1c1ccc(F)cc1)C2. The number of para-hydroxylation sites is 2. The van der Waals surface area contributed by atoms with Crippen molar-refractivity contribution in [1.82, 2.24) is 10.2 Å². The lowest BCUT2D eigenvalue weighted by molar-refractivity contribution is -0.131. The molecule has 2 aliphatic rings. The molecule has 1 saturated carbocycles. The summed E-state index contributed by atoms with van der Waals surface area (Å²) in [6.07, 6.45) is 2.06. The van der Waals surface area contributed by atoms with Gasteiger partial charge in [0, 0.05) is 34.8 Å². The highest BCUT2D eigenvalue weighted by Gasteiger charge is 2.38. The Hall–Kier alpha value is -3.23. The molecule has 1 aliphatic carbocycles. The average molecular weight is 479 g/mol. The van der Waals surface area contributed by atoms with E-state index in [0.29, 0.717) is 36.9 Å². The van der Waals surface area contributed by atoms with E-state index >= 15 is 0 Å². The van der Waals surface area contributed by atoms with Crippen molar-refractivity contribution in [3.05, 3.63) is 81.3 Å². The van der Waals surface area contributed by atoms with E-state index in [0.717, 1.165) is 28.8 Å². The Balaban J connectivity index is 1.11. The zero-order valence-corrected chi connectivity index (χ0v) is 19.5. The molecule has 0 saturated heterocycles. The first-order valence-electron chi connectivity index (χ1n) is 11.5. The maximum atomic E-state index is 13.1. The minimum absolute atomic E-state index is 0.0838. The number of anilines is 2. The monoisotopic (exact) mass is 478 g/mol. The van der Waals surface area contributed by atoms with E-state index in [-0.39, 0.29) is 30.1 Å². The number of rotatable bonds is 7. The first-order chi connectivity index (χ1) is 16.5. The lowest BCUT2D eigenvalue weighted by Gasteiger charge is -2.27. The molecule has 1 aromatic heterocycles. The van der Waals surface area contributed by atoms with Crippen molar-refractivity contribution in [3.63, 3.8) is 0 Å². The minimum Gasteiger partial charge on any atom is -0.397 e. The van der Waals surface area contributed by atoms with Gasteiger partial charge >= 0.3 is 0 Å². The zero-order chi connectivity index (χ0) is 23.7. The summed E-state index contributed by atoms with van der Waals surface area (Å²) in [5, 5.41) is 6.22. The number of benzene rings is 2. The van der Waals surface area contributed by atoms with Crippen LogP contribution in [-0.2, 0) is 29.0 Å². The number of hydrogen-bond donors (Lipinski definition) is 3. The number of carbonyl (C=O) groups excluding carboxylic acids is 2. The van der Waals surface area contributed by atoms with Crippen molar-refractivity contribution in [2.24, 2.45) is 0 Å². The van der Waals surface area contributed by atoms with Crippen LogP contribution < -0.4 is 16.4 Å². The molecule has 0 radical (unpaired) electrons. The third-order valence-electron chi connectivity index (χ3n) is 6.44. The topological polar surface area (TPSA) is 87.5 Å².